The summed E-state index contributed by atoms with van der Waals surface area (Å²) < 4.78 is 0. The van der Waals surface area contributed by atoms with E-state index in [4.69, 9.17) is 0 Å². The summed E-state index contributed by atoms with van der Waals surface area (Å²) in [6.45, 7) is 10.0. The van der Waals surface area contributed by atoms with Crippen molar-refractivity contribution in [1.29, 1.82) is 0 Å². The molecular formula is C12H25N. The van der Waals surface area contributed by atoms with E-state index in [9.17, 15) is 0 Å². The standard InChI is InChI=1S/C10H19N.C2H6/c1-3-11-9-4-5-10(11)7-8(2)6-9;1-2/h8-10H,3-7H2,1-2H3;1-2H3. The monoisotopic (exact) mass is 183 g/mol. The lowest BCUT2D eigenvalue weighted by Crippen LogP contribution is -2.41. The topological polar surface area (TPSA) is 3.24 Å². The summed E-state index contributed by atoms with van der Waals surface area (Å²) in [5.41, 5.74) is 0. The smallest absolute Gasteiger partial charge is 0.0101 e. The van der Waals surface area contributed by atoms with Gasteiger partial charge in [-0.15, -0.1) is 0 Å². The Kier molecular flexibility index (Phi) is 4.24. The van der Waals surface area contributed by atoms with Gasteiger partial charge in [-0.2, -0.15) is 0 Å². The van der Waals surface area contributed by atoms with Crippen molar-refractivity contribution in [2.75, 3.05) is 6.54 Å². The van der Waals surface area contributed by atoms with Gasteiger partial charge in [0.15, 0.2) is 0 Å². The fourth-order valence-electron chi connectivity index (χ4n) is 3.06. The Hall–Kier alpha value is -0.0400. The second-order valence-electron chi connectivity index (χ2n) is 4.29. The molecule has 2 fully saturated rings. The maximum Gasteiger partial charge on any atom is 0.0101 e. The van der Waals surface area contributed by atoms with Crippen LogP contribution in [-0.2, 0) is 0 Å². The summed E-state index contributed by atoms with van der Waals surface area (Å²) in [5.74, 6) is 0.996. The van der Waals surface area contributed by atoms with E-state index in [0.29, 0.717) is 0 Å². The van der Waals surface area contributed by atoms with Crippen molar-refractivity contribution >= 4 is 0 Å². The van der Waals surface area contributed by atoms with Crippen LogP contribution in [0.1, 0.15) is 53.4 Å². The van der Waals surface area contributed by atoms with Crippen molar-refractivity contribution in [3.8, 4) is 0 Å². The minimum absolute atomic E-state index is 0.953. The normalized spacial score (nSPS) is 38.3. The zero-order valence-corrected chi connectivity index (χ0v) is 9.71. The van der Waals surface area contributed by atoms with Gasteiger partial charge in [-0.3, -0.25) is 4.90 Å². The Balaban J connectivity index is 0.000000396. The van der Waals surface area contributed by atoms with Gasteiger partial charge in [0, 0.05) is 12.1 Å². The zero-order valence-electron chi connectivity index (χ0n) is 9.71. The van der Waals surface area contributed by atoms with E-state index in [1.165, 1.54) is 32.2 Å². The maximum atomic E-state index is 2.72. The number of hydrogen-bond acceptors (Lipinski definition) is 1. The molecular weight excluding hydrogens is 158 g/mol. The highest BCUT2D eigenvalue weighted by atomic mass is 15.2. The third-order valence-corrected chi connectivity index (χ3v) is 3.49. The second-order valence-corrected chi connectivity index (χ2v) is 4.29. The molecule has 2 heterocycles. The number of rotatable bonds is 1. The predicted molar refractivity (Wildman–Crippen MR) is 58.9 cm³/mol. The Labute approximate surface area is 83.5 Å². The number of nitrogens with zero attached hydrogens (tertiary/aromatic N) is 1. The van der Waals surface area contributed by atoms with E-state index in [0.717, 1.165) is 18.0 Å². The van der Waals surface area contributed by atoms with Crippen LogP contribution < -0.4 is 0 Å². The van der Waals surface area contributed by atoms with Gasteiger partial charge in [0.2, 0.25) is 0 Å². The van der Waals surface area contributed by atoms with E-state index in [2.05, 4.69) is 18.7 Å². The van der Waals surface area contributed by atoms with E-state index in [1.54, 1.807) is 0 Å². The number of fused-ring (bicyclic) bond motifs is 2. The first-order valence-corrected chi connectivity index (χ1v) is 6.07. The fraction of sp³-hybridized carbons (Fsp3) is 1.00. The van der Waals surface area contributed by atoms with Crippen LogP contribution in [0, 0.1) is 5.92 Å². The summed E-state index contributed by atoms with van der Waals surface area (Å²) in [5, 5.41) is 0. The molecule has 2 saturated heterocycles. The molecule has 1 heteroatoms. The molecule has 0 aromatic heterocycles. The molecule has 0 spiro atoms. The van der Waals surface area contributed by atoms with E-state index in [-0.39, 0.29) is 0 Å². The van der Waals surface area contributed by atoms with E-state index in [1.807, 2.05) is 13.8 Å². The maximum absolute atomic E-state index is 2.72. The van der Waals surface area contributed by atoms with Crippen LogP contribution in [0.25, 0.3) is 0 Å². The van der Waals surface area contributed by atoms with E-state index < -0.39 is 0 Å². The Bertz CT molecular complexity index is 130. The fourth-order valence-corrected chi connectivity index (χ4v) is 3.06. The predicted octanol–water partition coefficient (Wildman–Crippen LogP) is 3.30. The minimum atomic E-state index is 0.953. The van der Waals surface area contributed by atoms with Crippen LogP contribution >= 0.6 is 0 Å². The van der Waals surface area contributed by atoms with Crippen LogP contribution in [0.4, 0.5) is 0 Å². The van der Waals surface area contributed by atoms with Crippen molar-refractivity contribution in [2.45, 2.75) is 65.5 Å². The molecule has 13 heavy (non-hydrogen) atoms. The van der Waals surface area contributed by atoms with Gasteiger partial charge in [0.05, 0.1) is 0 Å². The van der Waals surface area contributed by atoms with Gasteiger partial charge < -0.3 is 0 Å². The highest BCUT2D eigenvalue weighted by Gasteiger charge is 2.37. The summed E-state index contributed by atoms with van der Waals surface area (Å²) in [4.78, 5) is 2.72. The summed E-state index contributed by atoms with van der Waals surface area (Å²) in [7, 11) is 0. The first kappa shape index (κ1) is 11.0. The highest BCUT2D eigenvalue weighted by Crippen LogP contribution is 2.37. The van der Waals surface area contributed by atoms with Gasteiger partial charge >= 0.3 is 0 Å². The molecule has 0 amide bonds. The van der Waals surface area contributed by atoms with Crippen molar-refractivity contribution in [2.24, 2.45) is 5.92 Å². The second kappa shape index (κ2) is 4.99. The molecule has 1 nitrogen and oxygen atoms in total. The molecule has 2 aliphatic rings. The molecule has 2 atom stereocenters. The highest BCUT2D eigenvalue weighted by molar-refractivity contribution is 4.93. The third kappa shape index (κ3) is 2.25. The summed E-state index contributed by atoms with van der Waals surface area (Å²) >= 11 is 0. The van der Waals surface area contributed by atoms with Gasteiger partial charge in [0.25, 0.3) is 0 Å². The van der Waals surface area contributed by atoms with Gasteiger partial charge in [-0.25, -0.2) is 0 Å². The molecule has 0 radical (unpaired) electrons. The lowest BCUT2D eigenvalue weighted by Gasteiger charge is -2.36. The summed E-state index contributed by atoms with van der Waals surface area (Å²) in [6.07, 6.45) is 5.88. The van der Waals surface area contributed by atoms with Gasteiger partial charge in [0.1, 0.15) is 0 Å². The van der Waals surface area contributed by atoms with Gasteiger partial charge in [-0.05, 0) is 38.1 Å². The molecule has 2 rings (SSSR count). The zero-order chi connectivity index (χ0) is 9.84. The lowest BCUT2D eigenvalue weighted by molar-refractivity contribution is 0.117. The quantitative estimate of drug-likeness (QED) is 0.603. The van der Waals surface area contributed by atoms with E-state index >= 15 is 0 Å². The molecule has 0 aromatic rings. The lowest BCUT2D eigenvalue weighted by atomic mass is 9.92. The number of piperidine rings is 1. The molecule has 0 aliphatic carbocycles. The van der Waals surface area contributed by atoms with Gasteiger partial charge in [-0.1, -0.05) is 27.7 Å². The van der Waals surface area contributed by atoms with Crippen molar-refractivity contribution in [1.82, 2.24) is 4.90 Å². The average Bonchev–Trinajstić information content (AvgIpc) is 2.41. The SMILES string of the molecule is CC.CCN1C2CCC1CC(C)C2. The molecule has 0 aromatic carbocycles. The number of hydrogen-bond donors (Lipinski definition) is 0. The van der Waals surface area contributed by atoms with Crippen LogP contribution in [0.3, 0.4) is 0 Å². The molecule has 2 aliphatic heterocycles. The first-order chi connectivity index (χ1) is 6.31. The van der Waals surface area contributed by atoms with Crippen molar-refractivity contribution < 1.29 is 0 Å². The average molecular weight is 183 g/mol. The molecule has 2 bridgehead atoms. The molecule has 2 unspecified atom stereocenters. The van der Waals surface area contributed by atoms with Crippen LogP contribution in [0.15, 0.2) is 0 Å². The third-order valence-electron chi connectivity index (χ3n) is 3.49. The largest absolute Gasteiger partial charge is 0.298 e. The minimum Gasteiger partial charge on any atom is -0.298 e. The molecule has 0 saturated carbocycles. The van der Waals surface area contributed by atoms with Crippen LogP contribution in [0.5, 0.6) is 0 Å². The Morgan fingerprint density at radius 2 is 1.54 bits per heavy atom. The van der Waals surface area contributed by atoms with Crippen molar-refractivity contribution in [3.05, 3.63) is 0 Å². The van der Waals surface area contributed by atoms with Crippen LogP contribution in [-0.4, -0.2) is 23.5 Å². The van der Waals surface area contributed by atoms with Crippen LogP contribution in [0.2, 0.25) is 0 Å². The molecule has 0 N–H and O–H groups in total. The summed E-state index contributed by atoms with van der Waals surface area (Å²) in [6, 6.07) is 1.91. The molecule has 78 valence electrons. The Morgan fingerprint density at radius 1 is 1.08 bits per heavy atom. The van der Waals surface area contributed by atoms with Crippen molar-refractivity contribution in [3.63, 3.8) is 0 Å². The Morgan fingerprint density at radius 3 is 1.92 bits per heavy atom. The first-order valence-electron chi connectivity index (χ1n) is 6.07.